The molecule has 0 saturated carbocycles. The first-order valence-electron chi connectivity index (χ1n) is 6.68. The lowest BCUT2D eigenvalue weighted by atomic mass is 10.2. The zero-order chi connectivity index (χ0) is 15.8. The summed E-state index contributed by atoms with van der Waals surface area (Å²) in [6, 6.07) is 16.9. The van der Waals surface area contributed by atoms with Crippen LogP contribution in [-0.2, 0) is 4.79 Å². The Morgan fingerprint density at radius 2 is 1.64 bits per heavy atom. The van der Waals surface area contributed by atoms with Gasteiger partial charge in [-0.15, -0.1) is 11.8 Å². The molecular weight excluding hydrogens is 364 g/mol. The Morgan fingerprint density at radius 3 is 2.36 bits per heavy atom. The first-order valence-corrected chi connectivity index (χ1v) is 8.46. The Kier molecular flexibility index (Phi) is 6.48. The van der Waals surface area contributed by atoms with E-state index < -0.39 is 0 Å². The normalized spacial score (nSPS) is 10.0. The summed E-state index contributed by atoms with van der Waals surface area (Å²) in [4.78, 5) is 24.7. The molecule has 0 radical (unpaired) electrons. The molecule has 0 spiro atoms. The van der Waals surface area contributed by atoms with Crippen molar-refractivity contribution in [3.8, 4) is 0 Å². The zero-order valence-electron chi connectivity index (χ0n) is 11.7. The van der Waals surface area contributed by atoms with E-state index >= 15 is 0 Å². The van der Waals surface area contributed by atoms with Crippen molar-refractivity contribution >= 4 is 39.5 Å². The molecule has 2 aromatic carbocycles. The van der Waals surface area contributed by atoms with Gasteiger partial charge in [0.1, 0.15) is 0 Å². The van der Waals surface area contributed by atoms with Gasteiger partial charge in [-0.05, 0) is 40.2 Å². The van der Waals surface area contributed by atoms with E-state index in [4.69, 9.17) is 0 Å². The van der Waals surface area contributed by atoms with E-state index in [-0.39, 0.29) is 11.8 Å². The molecule has 2 aromatic rings. The maximum absolute atomic E-state index is 11.9. The van der Waals surface area contributed by atoms with Crippen molar-refractivity contribution in [1.82, 2.24) is 10.9 Å². The number of hydrogen-bond acceptors (Lipinski definition) is 3. The fourth-order valence-corrected chi connectivity index (χ4v) is 3.02. The van der Waals surface area contributed by atoms with E-state index in [1.54, 1.807) is 30.0 Å². The van der Waals surface area contributed by atoms with Crippen LogP contribution in [0.4, 0.5) is 0 Å². The largest absolute Gasteiger partial charge is 0.273 e. The maximum Gasteiger partial charge on any atom is 0.270 e. The van der Waals surface area contributed by atoms with Gasteiger partial charge in [0.2, 0.25) is 5.91 Å². The van der Waals surface area contributed by atoms with Crippen LogP contribution >= 0.6 is 27.7 Å². The molecule has 2 rings (SSSR count). The van der Waals surface area contributed by atoms with Gasteiger partial charge in [0, 0.05) is 21.5 Å². The number of halogens is 1. The minimum atomic E-state index is -0.350. The van der Waals surface area contributed by atoms with Crippen molar-refractivity contribution in [2.24, 2.45) is 0 Å². The van der Waals surface area contributed by atoms with Crippen LogP contribution in [0, 0.1) is 0 Å². The van der Waals surface area contributed by atoms with Gasteiger partial charge in [-0.2, -0.15) is 0 Å². The predicted octanol–water partition coefficient (Wildman–Crippen LogP) is 3.39. The summed E-state index contributed by atoms with van der Waals surface area (Å²) >= 11 is 4.90. The predicted molar refractivity (Wildman–Crippen MR) is 91.5 cm³/mol. The number of thioether (sulfide) groups is 1. The topological polar surface area (TPSA) is 58.2 Å². The van der Waals surface area contributed by atoms with Crippen molar-refractivity contribution < 1.29 is 9.59 Å². The van der Waals surface area contributed by atoms with Crippen molar-refractivity contribution in [1.29, 1.82) is 0 Å². The van der Waals surface area contributed by atoms with Crippen LogP contribution in [0.25, 0.3) is 0 Å². The Balaban J connectivity index is 1.72. The SMILES string of the molecule is O=C(CCSc1ccccc1)NNC(=O)c1ccccc1Br. The lowest BCUT2D eigenvalue weighted by Gasteiger charge is -2.08. The second kappa shape index (κ2) is 8.60. The van der Waals surface area contributed by atoms with Gasteiger partial charge in [-0.1, -0.05) is 30.3 Å². The zero-order valence-corrected chi connectivity index (χ0v) is 14.1. The van der Waals surface area contributed by atoms with Crippen molar-refractivity contribution in [3.63, 3.8) is 0 Å². The standard InChI is InChI=1S/C16H15BrN2O2S/c17-14-9-5-4-8-13(14)16(21)19-18-15(20)10-11-22-12-6-2-1-3-7-12/h1-9H,10-11H2,(H,18,20)(H,19,21). The summed E-state index contributed by atoms with van der Waals surface area (Å²) in [5, 5.41) is 0. The lowest BCUT2D eigenvalue weighted by molar-refractivity contribution is -0.121. The summed E-state index contributed by atoms with van der Waals surface area (Å²) in [7, 11) is 0. The second-order valence-electron chi connectivity index (χ2n) is 4.39. The summed E-state index contributed by atoms with van der Waals surface area (Å²) in [6.07, 6.45) is 0.329. The van der Waals surface area contributed by atoms with Gasteiger partial charge in [-0.3, -0.25) is 20.4 Å². The number of hydrogen-bond donors (Lipinski definition) is 2. The average Bonchev–Trinajstić information content (AvgIpc) is 2.54. The molecule has 2 amide bonds. The van der Waals surface area contributed by atoms with Crippen LogP contribution in [-0.4, -0.2) is 17.6 Å². The van der Waals surface area contributed by atoms with Crippen molar-refractivity contribution in [2.45, 2.75) is 11.3 Å². The molecule has 0 aliphatic heterocycles. The Morgan fingerprint density at radius 1 is 0.955 bits per heavy atom. The highest BCUT2D eigenvalue weighted by molar-refractivity contribution is 9.10. The van der Waals surface area contributed by atoms with E-state index in [9.17, 15) is 9.59 Å². The molecule has 22 heavy (non-hydrogen) atoms. The van der Waals surface area contributed by atoms with E-state index in [0.29, 0.717) is 22.2 Å². The van der Waals surface area contributed by atoms with Crippen LogP contribution in [0.2, 0.25) is 0 Å². The molecule has 4 nitrogen and oxygen atoms in total. The van der Waals surface area contributed by atoms with Gasteiger partial charge in [0.05, 0.1) is 5.56 Å². The number of carbonyl (C=O) groups excluding carboxylic acids is 2. The molecule has 0 aromatic heterocycles. The summed E-state index contributed by atoms with van der Waals surface area (Å²) in [5.41, 5.74) is 5.31. The monoisotopic (exact) mass is 378 g/mol. The number of nitrogens with one attached hydrogen (secondary N) is 2. The quantitative estimate of drug-likeness (QED) is 0.619. The summed E-state index contributed by atoms with van der Waals surface area (Å²) in [6.45, 7) is 0. The highest BCUT2D eigenvalue weighted by Crippen LogP contribution is 2.17. The van der Waals surface area contributed by atoms with Crippen molar-refractivity contribution in [3.05, 3.63) is 64.6 Å². The number of amides is 2. The molecule has 0 saturated heterocycles. The minimum Gasteiger partial charge on any atom is -0.273 e. The molecular formula is C16H15BrN2O2S. The lowest BCUT2D eigenvalue weighted by Crippen LogP contribution is -2.41. The average molecular weight is 379 g/mol. The third kappa shape index (κ3) is 5.20. The number of rotatable bonds is 5. The first kappa shape index (κ1) is 16.6. The molecule has 6 heteroatoms. The molecule has 0 bridgehead atoms. The molecule has 0 heterocycles. The molecule has 0 fully saturated rings. The van der Waals surface area contributed by atoms with Gasteiger partial charge in [0.15, 0.2) is 0 Å². The van der Waals surface area contributed by atoms with E-state index in [1.165, 1.54) is 0 Å². The number of benzene rings is 2. The van der Waals surface area contributed by atoms with Crippen LogP contribution in [0.1, 0.15) is 16.8 Å². The molecule has 0 unspecified atom stereocenters. The summed E-state index contributed by atoms with van der Waals surface area (Å²) < 4.78 is 0.682. The van der Waals surface area contributed by atoms with Gasteiger partial charge in [-0.25, -0.2) is 0 Å². The summed E-state index contributed by atoms with van der Waals surface area (Å²) in [5.74, 6) is 0.0844. The fourth-order valence-electron chi connectivity index (χ4n) is 1.68. The Hall–Kier alpha value is -1.79. The molecule has 114 valence electrons. The molecule has 0 aliphatic rings. The molecule has 0 atom stereocenters. The van der Waals surface area contributed by atoms with E-state index in [1.807, 2.05) is 36.4 Å². The number of hydrazine groups is 1. The first-order chi connectivity index (χ1) is 10.7. The smallest absolute Gasteiger partial charge is 0.270 e. The third-order valence-electron chi connectivity index (χ3n) is 2.77. The van der Waals surface area contributed by atoms with Crippen LogP contribution in [0.5, 0.6) is 0 Å². The van der Waals surface area contributed by atoms with E-state index in [0.717, 1.165) is 4.90 Å². The minimum absolute atomic E-state index is 0.219. The Bertz CT molecular complexity index is 650. The highest BCUT2D eigenvalue weighted by atomic mass is 79.9. The Labute approximate surface area is 141 Å². The van der Waals surface area contributed by atoms with Crippen LogP contribution in [0.3, 0.4) is 0 Å². The van der Waals surface area contributed by atoms with Crippen LogP contribution in [0.15, 0.2) is 64.0 Å². The van der Waals surface area contributed by atoms with E-state index in [2.05, 4.69) is 26.8 Å². The van der Waals surface area contributed by atoms with Gasteiger partial charge < -0.3 is 0 Å². The number of carbonyl (C=O) groups is 2. The van der Waals surface area contributed by atoms with Gasteiger partial charge in [0.25, 0.3) is 5.91 Å². The second-order valence-corrected chi connectivity index (χ2v) is 6.42. The van der Waals surface area contributed by atoms with Gasteiger partial charge >= 0.3 is 0 Å². The van der Waals surface area contributed by atoms with Crippen molar-refractivity contribution in [2.75, 3.05) is 5.75 Å². The highest BCUT2D eigenvalue weighted by Gasteiger charge is 2.10. The fraction of sp³-hybridized carbons (Fsp3) is 0.125. The third-order valence-corrected chi connectivity index (χ3v) is 4.48. The molecule has 2 N–H and O–H groups in total. The molecule has 0 aliphatic carbocycles. The van der Waals surface area contributed by atoms with Crippen LogP contribution < -0.4 is 10.9 Å². The maximum atomic E-state index is 11.9.